The molecule has 16 heavy (non-hydrogen) atoms. The van der Waals surface area contributed by atoms with Crippen molar-refractivity contribution in [3.8, 4) is 0 Å². The summed E-state index contributed by atoms with van der Waals surface area (Å²) in [5, 5.41) is 11.0. The Kier molecular flexibility index (Phi) is 6.72. The average molecular weight is 229 g/mol. The molecule has 5 nitrogen and oxygen atoms in total. The number of carbonyl (C=O) groups excluding carboxylic acids is 1. The van der Waals surface area contributed by atoms with Gasteiger partial charge in [0, 0.05) is 32.7 Å². The van der Waals surface area contributed by atoms with E-state index in [0.717, 1.165) is 38.9 Å². The zero-order valence-electron chi connectivity index (χ0n) is 9.39. The lowest BCUT2D eigenvalue weighted by Gasteiger charge is -2.34. The van der Waals surface area contributed by atoms with Gasteiger partial charge in [-0.1, -0.05) is 26.4 Å². The third kappa shape index (κ3) is 4.61. The third-order valence-electron chi connectivity index (χ3n) is 2.48. The summed E-state index contributed by atoms with van der Waals surface area (Å²) in [5.74, 6) is 0.452. The number of rotatable bonds is 3. The normalized spacial score (nSPS) is 17.8. The number of nitrogens with zero attached hydrogens (tertiary/aromatic N) is 3. The smallest absolute Gasteiger partial charge is 0.268 e. The van der Waals surface area contributed by atoms with Crippen molar-refractivity contribution in [1.29, 1.82) is 0 Å². The Balaban J connectivity index is 0.00000225. The predicted molar refractivity (Wildman–Crippen MR) is 64.9 cm³/mol. The van der Waals surface area contributed by atoms with E-state index in [0.29, 0.717) is 5.92 Å². The van der Waals surface area contributed by atoms with E-state index in [1.54, 1.807) is 4.90 Å². The van der Waals surface area contributed by atoms with Crippen molar-refractivity contribution >= 4 is 12.1 Å². The molecule has 0 saturated carbocycles. The Hall–Kier alpha value is -1.10. The molecule has 0 aliphatic carbocycles. The van der Waals surface area contributed by atoms with E-state index in [9.17, 15) is 4.79 Å². The second kappa shape index (κ2) is 7.22. The van der Waals surface area contributed by atoms with Crippen molar-refractivity contribution in [2.24, 2.45) is 11.1 Å². The maximum Gasteiger partial charge on any atom is 0.268 e. The number of carbonyl (C=O) groups is 1. The largest absolute Gasteiger partial charge is 0.411 e. The van der Waals surface area contributed by atoms with Crippen LogP contribution in [0.2, 0.25) is 0 Å². The summed E-state index contributed by atoms with van der Waals surface area (Å²) < 4.78 is 0. The van der Waals surface area contributed by atoms with E-state index in [-0.39, 0.29) is 13.3 Å². The Labute approximate surface area is 97.7 Å². The molecule has 1 N–H and O–H groups in total. The lowest BCUT2D eigenvalue weighted by molar-refractivity contribution is -0.125. The molecular weight excluding hydrogens is 206 g/mol. The summed E-state index contributed by atoms with van der Waals surface area (Å²) in [7, 11) is 0. The number of oxime groups is 1. The van der Waals surface area contributed by atoms with Crippen molar-refractivity contribution in [3.63, 3.8) is 0 Å². The van der Waals surface area contributed by atoms with Gasteiger partial charge >= 0.3 is 0 Å². The molecule has 0 atom stereocenters. The fraction of sp³-hybridized carbons (Fsp3) is 0.818. The van der Waals surface area contributed by atoms with Gasteiger partial charge in [-0.05, 0) is 5.92 Å². The first-order chi connectivity index (χ1) is 7.13. The SMILES string of the molecule is C.CC(C)CN1CCN(C(=O)/C=N/O)CC1. The van der Waals surface area contributed by atoms with Crippen LogP contribution in [0.3, 0.4) is 0 Å². The third-order valence-corrected chi connectivity index (χ3v) is 2.48. The van der Waals surface area contributed by atoms with Crippen LogP contribution in [0.15, 0.2) is 5.16 Å². The van der Waals surface area contributed by atoms with Crippen LogP contribution in [-0.4, -0.2) is 59.9 Å². The molecule has 1 fully saturated rings. The first-order valence-electron chi connectivity index (χ1n) is 5.32. The van der Waals surface area contributed by atoms with Crippen molar-refractivity contribution < 1.29 is 10.0 Å². The van der Waals surface area contributed by atoms with Gasteiger partial charge < -0.3 is 10.1 Å². The summed E-state index contributed by atoms with van der Waals surface area (Å²) in [5.41, 5.74) is 0. The highest BCUT2D eigenvalue weighted by atomic mass is 16.4. The molecule has 5 heteroatoms. The first-order valence-corrected chi connectivity index (χ1v) is 5.32. The summed E-state index contributed by atoms with van der Waals surface area (Å²) in [4.78, 5) is 15.4. The van der Waals surface area contributed by atoms with E-state index >= 15 is 0 Å². The standard InChI is InChI=1S/C10H19N3O2.CH4/c1-9(2)8-12-3-5-13(6-4-12)10(14)7-11-15;/h7,9,15H,3-6,8H2,1-2H3;1H4/b11-7+;. The molecule has 1 saturated heterocycles. The van der Waals surface area contributed by atoms with Gasteiger partial charge in [0.1, 0.15) is 6.21 Å². The van der Waals surface area contributed by atoms with Crippen LogP contribution in [0.4, 0.5) is 0 Å². The highest BCUT2D eigenvalue weighted by Crippen LogP contribution is 2.04. The molecule has 1 heterocycles. The first kappa shape index (κ1) is 14.9. The fourth-order valence-electron chi connectivity index (χ4n) is 1.80. The molecule has 0 unspecified atom stereocenters. The number of piperazine rings is 1. The average Bonchev–Trinajstić information content (AvgIpc) is 2.18. The topological polar surface area (TPSA) is 56.1 Å². The molecular formula is C11H23N3O2. The molecule has 0 bridgehead atoms. The van der Waals surface area contributed by atoms with E-state index in [2.05, 4.69) is 23.9 Å². The minimum Gasteiger partial charge on any atom is -0.411 e. The van der Waals surface area contributed by atoms with Gasteiger partial charge in [0.25, 0.3) is 5.91 Å². The molecule has 0 spiro atoms. The van der Waals surface area contributed by atoms with Gasteiger partial charge in [0.2, 0.25) is 0 Å². The van der Waals surface area contributed by atoms with Gasteiger partial charge in [-0.2, -0.15) is 0 Å². The molecule has 1 aliphatic heterocycles. The maximum absolute atomic E-state index is 11.3. The molecule has 0 aromatic rings. The molecule has 0 radical (unpaired) electrons. The van der Waals surface area contributed by atoms with E-state index in [1.807, 2.05) is 0 Å². The number of hydrogen-bond donors (Lipinski definition) is 1. The van der Waals surface area contributed by atoms with Gasteiger partial charge in [-0.15, -0.1) is 0 Å². The van der Waals surface area contributed by atoms with Gasteiger partial charge in [-0.25, -0.2) is 0 Å². The van der Waals surface area contributed by atoms with Crippen LogP contribution >= 0.6 is 0 Å². The monoisotopic (exact) mass is 229 g/mol. The Morgan fingerprint density at radius 1 is 1.38 bits per heavy atom. The maximum atomic E-state index is 11.3. The van der Waals surface area contributed by atoms with Gasteiger partial charge in [0.05, 0.1) is 0 Å². The highest BCUT2D eigenvalue weighted by Gasteiger charge is 2.20. The van der Waals surface area contributed by atoms with E-state index in [4.69, 9.17) is 5.21 Å². The van der Waals surface area contributed by atoms with Crippen LogP contribution in [0.25, 0.3) is 0 Å². The predicted octanol–water partition coefficient (Wildman–Crippen LogP) is 0.883. The van der Waals surface area contributed by atoms with E-state index < -0.39 is 0 Å². The van der Waals surface area contributed by atoms with E-state index in [1.165, 1.54) is 0 Å². The van der Waals surface area contributed by atoms with Crippen LogP contribution in [0.1, 0.15) is 21.3 Å². The number of hydrogen-bond acceptors (Lipinski definition) is 4. The molecule has 94 valence electrons. The van der Waals surface area contributed by atoms with Gasteiger partial charge in [-0.3, -0.25) is 9.69 Å². The lowest BCUT2D eigenvalue weighted by atomic mass is 10.2. The van der Waals surface area contributed by atoms with Crippen molar-refractivity contribution in [2.75, 3.05) is 32.7 Å². The summed E-state index contributed by atoms with van der Waals surface area (Å²) >= 11 is 0. The minimum atomic E-state index is -0.207. The zero-order chi connectivity index (χ0) is 11.3. The molecule has 1 rings (SSSR count). The van der Waals surface area contributed by atoms with Crippen LogP contribution < -0.4 is 0 Å². The lowest BCUT2D eigenvalue weighted by Crippen LogP contribution is -2.49. The summed E-state index contributed by atoms with van der Waals surface area (Å²) in [6, 6.07) is 0. The highest BCUT2D eigenvalue weighted by molar-refractivity contribution is 6.25. The van der Waals surface area contributed by atoms with Crippen molar-refractivity contribution in [2.45, 2.75) is 21.3 Å². The molecule has 1 amide bonds. The molecule has 0 aromatic heterocycles. The minimum absolute atomic E-state index is 0. The van der Waals surface area contributed by atoms with Crippen molar-refractivity contribution in [3.05, 3.63) is 0 Å². The Bertz CT molecular complexity index is 233. The number of amides is 1. The van der Waals surface area contributed by atoms with Crippen LogP contribution in [0.5, 0.6) is 0 Å². The summed E-state index contributed by atoms with van der Waals surface area (Å²) in [6.07, 6.45) is 0.956. The second-order valence-corrected chi connectivity index (χ2v) is 4.26. The van der Waals surface area contributed by atoms with Crippen LogP contribution in [-0.2, 0) is 4.79 Å². The Morgan fingerprint density at radius 2 is 1.94 bits per heavy atom. The summed E-state index contributed by atoms with van der Waals surface area (Å²) in [6.45, 7) is 8.71. The molecule has 1 aliphatic rings. The molecule has 0 aromatic carbocycles. The van der Waals surface area contributed by atoms with Crippen molar-refractivity contribution in [1.82, 2.24) is 9.80 Å². The van der Waals surface area contributed by atoms with Gasteiger partial charge in [0.15, 0.2) is 0 Å². The Morgan fingerprint density at radius 3 is 2.38 bits per heavy atom. The zero-order valence-corrected chi connectivity index (χ0v) is 9.39. The van der Waals surface area contributed by atoms with Crippen LogP contribution in [0, 0.1) is 5.92 Å². The second-order valence-electron chi connectivity index (χ2n) is 4.26. The quantitative estimate of drug-likeness (QED) is 0.444. The fourth-order valence-corrected chi connectivity index (χ4v) is 1.80.